The van der Waals surface area contributed by atoms with Crippen molar-refractivity contribution in [2.75, 3.05) is 11.9 Å². The van der Waals surface area contributed by atoms with Gasteiger partial charge in [0.05, 0.1) is 5.69 Å². The molecule has 0 saturated heterocycles. The number of aryl methyl sites for hydroxylation is 1. The first kappa shape index (κ1) is 11.5. The second-order valence-corrected chi connectivity index (χ2v) is 4.78. The first-order valence-corrected chi connectivity index (χ1v) is 6.35. The van der Waals surface area contributed by atoms with E-state index in [0.717, 1.165) is 19.4 Å². The molecule has 0 aliphatic heterocycles. The zero-order valence-corrected chi connectivity index (χ0v) is 10.0. The second kappa shape index (κ2) is 5.39. The van der Waals surface area contributed by atoms with Crippen molar-refractivity contribution in [3.8, 4) is 0 Å². The number of aliphatic hydroxyl groups is 1. The monoisotopic (exact) mass is 222 g/mol. The van der Waals surface area contributed by atoms with E-state index in [1.54, 1.807) is 0 Å². The highest BCUT2D eigenvalue weighted by atomic mass is 16.3. The minimum Gasteiger partial charge on any atom is -0.396 e. The SMILES string of the molecule is CCn1ccc(N[C@H]2CC[C@H](CO)CC2)c1. The van der Waals surface area contributed by atoms with Crippen LogP contribution in [0, 0.1) is 5.92 Å². The molecule has 1 heterocycles. The van der Waals surface area contributed by atoms with Crippen LogP contribution in [-0.4, -0.2) is 22.3 Å². The maximum Gasteiger partial charge on any atom is 0.0522 e. The molecule has 0 amide bonds. The van der Waals surface area contributed by atoms with Crippen LogP contribution in [0.25, 0.3) is 0 Å². The molecule has 1 saturated carbocycles. The largest absolute Gasteiger partial charge is 0.396 e. The molecule has 1 aliphatic carbocycles. The Morgan fingerprint density at radius 3 is 2.69 bits per heavy atom. The number of hydrogen-bond acceptors (Lipinski definition) is 2. The summed E-state index contributed by atoms with van der Waals surface area (Å²) in [5, 5.41) is 12.7. The van der Waals surface area contributed by atoms with E-state index in [9.17, 15) is 0 Å². The van der Waals surface area contributed by atoms with Gasteiger partial charge in [0.15, 0.2) is 0 Å². The topological polar surface area (TPSA) is 37.2 Å². The van der Waals surface area contributed by atoms with Crippen molar-refractivity contribution in [3.05, 3.63) is 18.5 Å². The Kier molecular flexibility index (Phi) is 3.88. The Morgan fingerprint density at radius 1 is 1.38 bits per heavy atom. The molecule has 1 aliphatic rings. The number of aromatic nitrogens is 1. The summed E-state index contributed by atoms with van der Waals surface area (Å²) in [6.07, 6.45) is 8.95. The molecular weight excluding hydrogens is 200 g/mol. The maximum absolute atomic E-state index is 9.08. The number of nitrogens with zero attached hydrogens (tertiary/aromatic N) is 1. The molecule has 16 heavy (non-hydrogen) atoms. The van der Waals surface area contributed by atoms with Crippen LogP contribution in [0.15, 0.2) is 18.5 Å². The molecule has 0 radical (unpaired) electrons. The summed E-state index contributed by atoms with van der Waals surface area (Å²) in [4.78, 5) is 0. The van der Waals surface area contributed by atoms with Crippen LogP contribution in [0.2, 0.25) is 0 Å². The van der Waals surface area contributed by atoms with Crippen molar-refractivity contribution >= 4 is 5.69 Å². The normalized spacial score (nSPS) is 25.6. The Bertz CT molecular complexity index is 313. The van der Waals surface area contributed by atoms with Gasteiger partial charge in [-0.25, -0.2) is 0 Å². The summed E-state index contributed by atoms with van der Waals surface area (Å²) in [7, 11) is 0. The minimum absolute atomic E-state index is 0.360. The maximum atomic E-state index is 9.08. The minimum atomic E-state index is 0.360. The van der Waals surface area contributed by atoms with Crippen molar-refractivity contribution in [1.82, 2.24) is 4.57 Å². The van der Waals surface area contributed by atoms with E-state index in [1.165, 1.54) is 18.5 Å². The zero-order valence-electron chi connectivity index (χ0n) is 10.0. The predicted molar refractivity (Wildman–Crippen MR) is 66.6 cm³/mol. The summed E-state index contributed by atoms with van der Waals surface area (Å²) in [5.41, 5.74) is 1.23. The highest BCUT2D eigenvalue weighted by Crippen LogP contribution is 2.26. The van der Waals surface area contributed by atoms with Crippen LogP contribution in [0.3, 0.4) is 0 Å². The predicted octanol–water partition coefficient (Wildman–Crippen LogP) is 2.47. The molecule has 0 bridgehead atoms. The molecule has 0 atom stereocenters. The van der Waals surface area contributed by atoms with Gasteiger partial charge in [-0.1, -0.05) is 0 Å². The lowest BCUT2D eigenvalue weighted by atomic mass is 9.86. The number of aliphatic hydroxyl groups excluding tert-OH is 1. The standard InChI is InChI=1S/C13H22N2O/c1-2-15-8-7-13(9-15)14-12-5-3-11(10-16)4-6-12/h7-9,11-12,14,16H,2-6,10H2,1H3/t11-,12-. The van der Waals surface area contributed by atoms with Crippen molar-refractivity contribution in [1.29, 1.82) is 0 Å². The van der Waals surface area contributed by atoms with Gasteiger partial charge in [-0.3, -0.25) is 0 Å². The molecule has 3 nitrogen and oxygen atoms in total. The third-order valence-corrected chi connectivity index (χ3v) is 3.59. The van der Waals surface area contributed by atoms with Crippen molar-refractivity contribution in [3.63, 3.8) is 0 Å². The molecular formula is C13H22N2O. The number of nitrogens with one attached hydrogen (secondary N) is 1. The third kappa shape index (κ3) is 2.79. The van der Waals surface area contributed by atoms with Crippen LogP contribution in [0.4, 0.5) is 5.69 Å². The zero-order chi connectivity index (χ0) is 11.4. The highest BCUT2D eigenvalue weighted by molar-refractivity contribution is 5.42. The van der Waals surface area contributed by atoms with Gasteiger partial charge >= 0.3 is 0 Å². The third-order valence-electron chi connectivity index (χ3n) is 3.59. The fraction of sp³-hybridized carbons (Fsp3) is 0.692. The van der Waals surface area contributed by atoms with E-state index in [-0.39, 0.29) is 0 Å². The van der Waals surface area contributed by atoms with Crippen LogP contribution in [0.5, 0.6) is 0 Å². The van der Waals surface area contributed by atoms with Crippen molar-refractivity contribution in [2.45, 2.75) is 45.2 Å². The summed E-state index contributed by atoms with van der Waals surface area (Å²) >= 11 is 0. The number of anilines is 1. The fourth-order valence-electron chi connectivity index (χ4n) is 2.45. The molecule has 3 heteroatoms. The molecule has 0 unspecified atom stereocenters. The average Bonchev–Trinajstić information content (AvgIpc) is 2.78. The van der Waals surface area contributed by atoms with Crippen LogP contribution < -0.4 is 5.32 Å². The van der Waals surface area contributed by atoms with E-state index < -0.39 is 0 Å². The highest BCUT2D eigenvalue weighted by Gasteiger charge is 2.20. The van der Waals surface area contributed by atoms with E-state index in [4.69, 9.17) is 5.11 Å². The number of rotatable bonds is 4. The molecule has 0 spiro atoms. The smallest absolute Gasteiger partial charge is 0.0522 e. The van der Waals surface area contributed by atoms with Crippen LogP contribution >= 0.6 is 0 Å². The van der Waals surface area contributed by atoms with Gasteiger partial charge in [-0.15, -0.1) is 0 Å². The Morgan fingerprint density at radius 2 is 2.12 bits per heavy atom. The molecule has 1 fully saturated rings. The Labute approximate surface area is 97.5 Å². The first-order chi connectivity index (χ1) is 7.81. The molecule has 1 aromatic heterocycles. The molecule has 0 aromatic carbocycles. The van der Waals surface area contributed by atoms with Gasteiger partial charge in [0, 0.05) is 31.6 Å². The van der Waals surface area contributed by atoms with Crippen molar-refractivity contribution in [2.24, 2.45) is 5.92 Å². The van der Waals surface area contributed by atoms with Gasteiger partial charge < -0.3 is 15.0 Å². The fourth-order valence-corrected chi connectivity index (χ4v) is 2.45. The van der Waals surface area contributed by atoms with Gasteiger partial charge in [0.2, 0.25) is 0 Å². The summed E-state index contributed by atoms with van der Waals surface area (Å²) in [6, 6.07) is 2.73. The van der Waals surface area contributed by atoms with Gasteiger partial charge in [-0.05, 0) is 44.6 Å². The van der Waals surface area contributed by atoms with E-state index in [2.05, 4.69) is 35.3 Å². The molecule has 1 aromatic rings. The molecule has 2 N–H and O–H groups in total. The molecule has 90 valence electrons. The van der Waals surface area contributed by atoms with Gasteiger partial charge in [0.1, 0.15) is 0 Å². The Balaban J connectivity index is 1.82. The lowest BCUT2D eigenvalue weighted by molar-refractivity contribution is 0.186. The quantitative estimate of drug-likeness (QED) is 0.821. The molecule has 2 rings (SSSR count). The van der Waals surface area contributed by atoms with Crippen molar-refractivity contribution < 1.29 is 5.11 Å². The van der Waals surface area contributed by atoms with E-state index >= 15 is 0 Å². The van der Waals surface area contributed by atoms with Gasteiger partial charge in [-0.2, -0.15) is 0 Å². The average molecular weight is 222 g/mol. The first-order valence-electron chi connectivity index (χ1n) is 6.35. The lowest BCUT2D eigenvalue weighted by Crippen LogP contribution is -2.27. The second-order valence-electron chi connectivity index (χ2n) is 4.78. The summed E-state index contributed by atoms with van der Waals surface area (Å²) in [5.74, 6) is 0.540. The van der Waals surface area contributed by atoms with E-state index in [0.29, 0.717) is 18.6 Å². The van der Waals surface area contributed by atoms with Crippen LogP contribution in [0.1, 0.15) is 32.6 Å². The Hall–Kier alpha value is -0.960. The summed E-state index contributed by atoms with van der Waals surface area (Å²) in [6.45, 7) is 3.54. The van der Waals surface area contributed by atoms with Gasteiger partial charge in [0.25, 0.3) is 0 Å². The van der Waals surface area contributed by atoms with Crippen LogP contribution in [-0.2, 0) is 6.54 Å². The lowest BCUT2D eigenvalue weighted by Gasteiger charge is -2.28. The number of hydrogen-bond donors (Lipinski definition) is 2. The van der Waals surface area contributed by atoms with E-state index in [1.807, 2.05) is 0 Å². The summed E-state index contributed by atoms with van der Waals surface area (Å²) < 4.78 is 2.18.